The van der Waals surface area contributed by atoms with Gasteiger partial charge in [-0.3, -0.25) is 0 Å². The molecule has 10 nitrogen and oxygen atoms in total. The molecule has 6 rings (SSSR count). The lowest BCUT2D eigenvalue weighted by molar-refractivity contribution is -0.147. The van der Waals surface area contributed by atoms with Gasteiger partial charge in [0.1, 0.15) is 16.8 Å². The number of halogens is 3. The molecular weight excluding hydrogens is 473 g/mol. The summed E-state index contributed by atoms with van der Waals surface area (Å²) >= 11 is 1.60. The van der Waals surface area contributed by atoms with Crippen LogP contribution in [0.1, 0.15) is 29.9 Å². The highest BCUT2D eigenvalue weighted by atomic mass is 32.1. The van der Waals surface area contributed by atoms with Crippen LogP contribution < -0.4 is 15.1 Å². The minimum absolute atomic E-state index is 0.109. The number of rotatable bonds is 4. The molecule has 3 aliphatic rings. The number of aromatic nitrogens is 5. The van der Waals surface area contributed by atoms with Crippen LogP contribution in [0.4, 0.5) is 29.7 Å². The van der Waals surface area contributed by atoms with E-state index in [4.69, 9.17) is 14.7 Å². The molecule has 14 heteroatoms. The van der Waals surface area contributed by atoms with Crippen molar-refractivity contribution < 1.29 is 22.7 Å². The smallest absolute Gasteiger partial charge is 0.442 e. The minimum atomic E-state index is -4.55. The van der Waals surface area contributed by atoms with Crippen LogP contribution in [0.25, 0.3) is 10.2 Å². The van der Waals surface area contributed by atoms with Crippen molar-refractivity contribution in [3.63, 3.8) is 0 Å². The number of amides is 1. The standard InChI is InChI=1S/C20H21F3N8O2S/c1-2-3-10-6-11-15(29-4-5-31-14(9-29)27-28-17(31)20(21,22)23)25-18(26-16(11)34-10)30-7-12-13(8-30)33-19(32)24-12/h6,12-13H,2-5,7-9H2,1H3,(H,24,32)/t12-,13?/m0/s1. The van der Waals surface area contributed by atoms with Crippen molar-refractivity contribution in [2.24, 2.45) is 0 Å². The second kappa shape index (κ2) is 7.68. The molecule has 180 valence electrons. The Kier molecular flexibility index (Phi) is 4.83. The van der Waals surface area contributed by atoms with Crippen LogP contribution in [0.15, 0.2) is 6.07 Å². The normalized spacial score (nSPS) is 22.2. The largest absolute Gasteiger partial charge is 0.451 e. The van der Waals surface area contributed by atoms with E-state index in [0.717, 1.165) is 27.6 Å². The molecule has 0 spiro atoms. The molecular formula is C20H21F3N8O2S. The van der Waals surface area contributed by atoms with Gasteiger partial charge in [-0.15, -0.1) is 21.5 Å². The van der Waals surface area contributed by atoms with E-state index in [0.29, 0.717) is 31.4 Å². The van der Waals surface area contributed by atoms with E-state index in [1.165, 1.54) is 4.88 Å². The molecule has 6 heterocycles. The van der Waals surface area contributed by atoms with Gasteiger partial charge in [0.25, 0.3) is 0 Å². The lowest BCUT2D eigenvalue weighted by Crippen LogP contribution is -2.36. The number of hydrogen-bond acceptors (Lipinski definition) is 9. The van der Waals surface area contributed by atoms with Crippen molar-refractivity contribution in [2.75, 3.05) is 29.4 Å². The first kappa shape index (κ1) is 21.4. The van der Waals surface area contributed by atoms with Crippen LogP contribution in [-0.4, -0.2) is 62.6 Å². The molecule has 0 aliphatic carbocycles. The highest BCUT2D eigenvalue weighted by molar-refractivity contribution is 7.18. The molecule has 3 aromatic heterocycles. The first-order valence-electron chi connectivity index (χ1n) is 11.1. The fourth-order valence-corrected chi connectivity index (χ4v) is 5.88. The molecule has 3 aliphatic heterocycles. The quantitative estimate of drug-likeness (QED) is 0.591. The lowest BCUT2D eigenvalue weighted by Gasteiger charge is -2.30. The van der Waals surface area contributed by atoms with Crippen molar-refractivity contribution in [1.29, 1.82) is 0 Å². The Morgan fingerprint density at radius 3 is 2.82 bits per heavy atom. The number of anilines is 2. The maximum atomic E-state index is 13.3. The van der Waals surface area contributed by atoms with E-state index in [1.807, 2.05) is 9.80 Å². The average molecular weight is 495 g/mol. The van der Waals surface area contributed by atoms with Crippen molar-refractivity contribution in [1.82, 2.24) is 30.0 Å². The predicted molar refractivity (Wildman–Crippen MR) is 117 cm³/mol. The highest BCUT2D eigenvalue weighted by Crippen LogP contribution is 2.37. The second-order valence-electron chi connectivity index (χ2n) is 8.64. The second-order valence-corrected chi connectivity index (χ2v) is 9.75. The molecule has 3 aromatic rings. The van der Waals surface area contributed by atoms with Crippen molar-refractivity contribution in [3.8, 4) is 0 Å². The molecule has 2 saturated heterocycles. The summed E-state index contributed by atoms with van der Waals surface area (Å²) < 4.78 is 46.2. The number of fused-ring (bicyclic) bond motifs is 3. The summed E-state index contributed by atoms with van der Waals surface area (Å²) in [6.45, 7) is 3.72. The van der Waals surface area contributed by atoms with Crippen molar-refractivity contribution >= 4 is 39.4 Å². The molecule has 0 bridgehead atoms. The highest BCUT2D eigenvalue weighted by Gasteiger charge is 2.43. The van der Waals surface area contributed by atoms with Gasteiger partial charge in [0.2, 0.25) is 11.8 Å². The van der Waals surface area contributed by atoms with Gasteiger partial charge in [-0.05, 0) is 12.5 Å². The first-order valence-corrected chi connectivity index (χ1v) is 11.9. The number of aryl methyl sites for hydroxylation is 1. The molecule has 0 radical (unpaired) electrons. The maximum Gasteiger partial charge on any atom is 0.451 e. The zero-order valence-corrected chi connectivity index (χ0v) is 19.0. The van der Waals surface area contributed by atoms with E-state index in [-0.39, 0.29) is 31.1 Å². The van der Waals surface area contributed by atoms with Crippen LogP contribution in [0.3, 0.4) is 0 Å². The van der Waals surface area contributed by atoms with E-state index >= 15 is 0 Å². The Morgan fingerprint density at radius 1 is 1.21 bits per heavy atom. The van der Waals surface area contributed by atoms with E-state index in [1.54, 1.807) is 11.3 Å². The van der Waals surface area contributed by atoms with Crippen LogP contribution in [-0.2, 0) is 30.4 Å². The number of alkyl carbamates (subject to hydrolysis) is 1. The average Bonchev–Trinajstić information content (AvgIpc) is 3.53. The number of carbonyl (C=O) groups is 1. The number of ether oxygens (including phenoxy) is 1. The van der Waals surface area contributed by atoms with Crippen LogP contribution in [0, 0.1) is 0 Å². The summed E-state index contributed by atoms with van der Waals surface area (Å²) in [6, 6.07) is 1.95. The Bertz CT molecular complexity index is 1260. The molecule has 1 N–H and O–H groups in total. The third-order valence-electron chi connectivity index (χ3n) is 6.33. The number of alkyl halides is 3. The lowest BCUT2D eigenvalue weighted by atomic mass is 10.2. The number of carbonyl (C=O) groups excluding carboxylic acids is 1. The van der Waals surface area contributed by atoms with E-state index < -0.39 is 18.1 Å². The number of thiophene rings is 1. The fraction of sp³-hybridized carbons (Fsp3) is 0.550. The third-order valence-corrected chi connectivity index (χ3v) is 7.41. The van der Waals surface area contributed by atoms with Gasteiger partial charge in [-0.2, -0.15) is 18.2 Å². The Balaban J connectivity index is 1.36. The van der Waals surface area contributed by atoms with E-state index in [9.17, 15) is 18.0 Å². The maximum absolute atomic E-state index is 13.3. The van der Waals surface area contributed by atoms with Gasteiger partial charge in [-0.1, -0.05) is 13.3 Å². The minimum Gasteiger partial charge on any atom is -0.442 e. The zero-order valence-electron chi connectivity index (χ0n) is 18.2. The summed E-state index contributed by atoms with van der Waals surface area (Å²) in [5.74, 6) is 0.468. The van der Waals surface area contributed by atoms with Gasteiger partial charge in [0.15, 0.2) is 5.82 Å². The Hall–Kier alpha value is -3.16. The molecule has 34 heavy (non-hydrogen) atoms. The van der Waals surface area contributed by atoms with Gasteiger partial charge < -0.3 is 24.4 Å². The van der Waals surface area contributed by atoms with Gasteiger partial charge in [0.05, 0.1) is 24.5 Å². The Labute approximate surface area is 195 Å². The van der Waals surface area contributed by atoms with Crippen molar-refractivity contribution in [2.45, 2.75) is 51.2 Å². The van der Waals surface area contributed by atoms with Crippen LogP contribution in [0.2, 0.25) is 0 Å². The number of nitrogens with zero attached hydrogens (tertiary/aromatic N) is 7. The first-order chi connectivity index (χ1) is 16.3. The third kappa shape index (κ3) is 3.51. The summed E-state index contributed by atoms with van der Waals surface area (Å²) in [5.41, 5.74) is 0. The topological polar surface area (TPSA) is 101 Å². The SMILES string of the molecule is CCCc1cc2c(N3CCn4c(nnc4C(F)(F)F)C3)nc(N3CC4OC(=O)N[C@H]4C3)nc2s1. The summed E-state index contributed by atoms with van der Waals surface area (Å²) in [5, 5.41) is 10.9. The van der Waals surface area contributed by atoms with Gasteiger partial charge in [-0.25, -0.2) is 9.78 Å². The molecule has 0 saturated carbocycles. The van der Waals surface area contributed by atoms with E-state index in [2.05, 4.69) is 28.5 Å². The predicted octanol–water partition coefficient (Wildman–Crippen LogP) is 2.57. The van der Waals surface area contributed by atoms with Gasteiger partial charge in [0, 0.05) is 24.5 Å². The Morgan fingerprint density at radius 2 is 2.06 bits per heavy atom. The fourth-order valence-electron chi connectivity index (χ4n) is 4.76. The summed E-state index contributed by atoms with van der Waals surface area (Å²) in [7, 11) is 0. The molecule has 1 amide bonds. The monoisotopic (exact) mass is 494 g/mol. The summed E-state index contributed by atoms with van der Waals surface area (Å²) in [4.78, 5) is 27.1. The van der Waals surface area contributed by atoms with Gasteiger partial charge >= 0.3 is 12.3 Å². The molecule has 0 aromatic carbocycles. The summed E-state index contributed by atoms with van der Waals surface area (Å²) in [6.07, 6.45) is -3.32. The van der Waals surface area contributed by atoms with Crippen molar-refractivity contribution in [3.05, 3.63) is 22.6 Å². The number of nitrogens with one attached hydrogen (secondary N) is 1. The molecule has 2 fully saturated rings. The zero-order chi connectivity index (χ0) is 23.6. The molecule has 2 atom stereocenters. The van der Waals surface area contributed by atoms with Crippen LogP contribution >= 0.6 is 11.3 Å². The number of hydrogen-bond donors (Lipinski definition) is 1. The van der Waals surface area contributed by atoms with Crippen LogP contribution in [0.5, 0.6) is 0 Å². The molecule has 1 unspecified atom stereocenters.